The van der Waals surface area contributed by atoms with Crippen LogP contribution in [0.25, 0.3) is 0 Å². The Morgan fingerprint density at radius 1 is 1.04 bits per heavy atom. The van der Waals surface area contributed by atoms with Crippen LogP contribution in [-0.2, 0) is 10.3 Å². The van der Waals surface area contributed by atoms with Gasteiger partial charge in [-0.1, -0.05) is 30.3 Å². The Hall–Kier alpha value is -2.66. The summed E-state index contributed by atoms with van der Waals surface area (Å²) in [5, 5.41) is 0. The van der Waals surface area contributed by atoms with Gasteiger partial charge in [-0.2, -0.15) is 0 Å². The van der Waals surface area contributed by atoms with Gasteiger partial charge in [-0.25, -0.2) is 0 Å². The van der Waals surface area contributed by atoms with Crippen molar-refractivity contribution in [1.29, 1.82) is 0 Å². The lowest BCUT2D eigenvalue weighted by atomic mass is 9.86. The fourth-order valence-corrected chi connectivity index (χ4v) is 3.57. The van der Waals surface area contributed by atoms with Crippen LogP contribution in [0.4, 0.5) is 0 Å². The molecule has 0 saturated carbocycles. The number of carbonyl (C=O) groups excluding carboxylic acids is 2. The van der Waals surface area contributed by atoms with E-state index in [1.807, 2.05) is 30.3 Å². The number of benzene rings is 2. The number of Topliss-reactive ketones (excluding diaryl/α,β-unsaturated/α-hetero) is 1. The summed E-state index contributed by atoms with van der Waals surface area (Å²) in [4.78, 5) is 27.4. The van der Waals surface area contributed by atoms with Crippen molar-refractivity contribution in [2.45, 2.75) is 25.3 Å². The maximum absolute atomic E-state index is 12.9. The van der Waals surface area contributed by atoms with E-state index >= 15 is 0 Å². The summed E-state index contributed by atoms with van der Waals surface area (Å²) >= 11 is 0. The number of likely N-dealkylation sites (tertiary alicyclic amines) is 1. The lowest BCUT2D eigenvalue weighted by Gasteiger charge is -2.36. The van der Waals surface area contributed by atoms with Crippen LogP contribution in [0.2, 0.25) is 0 Å². The van der Waals surface area contributed by atoms with Crippen molar-refractivity contribution >= 4 is 11.7 Å². The molecule has 3 rings (SSSR count). The molecule has 0 aromatic heterocycles. The predicted molar refractivity (Wildman–Crippen MR) is 105 cm³/mol. The summed E-state index contributed by atoms with van der Waals surface area (Å²) < 4.78 is 5.14. The Balaban J connectivity index is 1.62. The van der Waals surface area contributed by atoms with Crippen molar-refractivity contribution in [3.63, 3.8) is 0 Å². The standard InChI is InChI=1S/C22H26N2O3/c1-22(23,18-6-4-3-5-7-18)21(26)24-14-12-17(13-15-24)20(25)16-8-10-19(27-2)11-9-16/h3-11,17H,12-15,23H2,1-2H3. The van der Waals surface area contributed by atoms with E-state index in [9.17, 15) is 9.59 Å². The van der Waals surface area contributed by atoms with E-state index in [2.05, 4.69) is 0 Å². The maximum Gasteiger partial charge on any atom is 0.246 e. The molecule has 1 atom stereocenters. The monoisotopic (exact) mass is 366 g/mol. The third kappa shape index (κ3) is 4.03. The summed E-state index contributed by atoms with van der Waals surface area (Å²) in [6, 6.07) is 16.6. The summed E-state index contributed by atoms with van der Waals surface area (Å²) in [6.45, 7) is 2.84. The normalized spacial score (nSPS) is 17.2. The number of methoxy groups -OCH3 is 1. The van der Waals surface area contributed by atoms with Gasteiger partial charge in [0.05, 0.1) is 7.11 Å². The molecule has 0 aliphatic carbocycles. The molecule has 5 nitrogen and oxygen atoms in total. The van der Waals surface area contributed by atoms with Crippen LogP contribution in [-0.4, -0.2) is 36.8 Å². The van der Waals surface area contributed by atoms with Crippen molar-refractivity contribution in [1.82, 2.24) is 4.90 Å². The SMILES string of the molecule is COc1ccc(C(=O)C2CCN(C(=O)C(C)(N)c3ccccc3)CC2)cc1. The van der Waals surface area contributed by atoms with Crippen LogP contribution in [0.1, 0.15) is 35.7 Å². The molecule has 1 aliphatic rings. The van der Waals surface area contributed by atoms with E-state index in [0.29, 0.717) is 31.5 Å². The van der Waals surface area contributed by atoms with E-state index < -0.39 is 5.54 Å². The summed E-state index contributed by atoms with van der Waals surface area (Å²) in [6.07, 6.45) is 1.31. The van der Waals surface area contributed by atoms with Crippen LogP contribution in [0.5, 0.6) is 5.75 Å². The second-order valence-corrected chi connectivity index (χ2v) is 7.23. The van der Waals surface area contributed by atoms with E-state index in [4.69, 9.17) is 10.5 Å². The van der Waals surface area contributed by atoms with Crippen molar-refractivity contribution in [3.05, 3.63) is 65.7 Å². The van der Waals surface area contributed by atoms with Gasteiger partial charge >= 0.3 is 0 Å². The average Bonchev–Trinajstić information content (AvgIpc) is 2.73. The number of carbonyl (C=O) groups is 2. The van der Waals surface area contributed by atoms with E-state index in [1.165, 1.54) is 0 Å². The number of hydrogen-bond acceptors (Lipinski definition) is 4. The van der Waals surface area contributed by atoms with Crippen LogP contribution in [0.3, 0.4) is 0 Å². The average molecular weight is 366 g/mol. The molecule has 1 heterocycles. The van der Waals surface area contributed by atoms with Crippen molar-refractivity contribution in [3.8, 4) is 5.75 Å². The number of piperidine rings is 1. The highest BCUT2D eigenvalue weighted by Crippen LogP contribution is 2.27. The van der Waals surface area contributed by atoms with Gasteiger partial charge < -0.3 is 15.4 Å². The summed E-state index contributed by atoms with van der Waals surface area (Å²) in [5.74, 6) is 0.700. The number of amides is 1. The minimum atomic E-state index is -1.06. The Morgan fingerprint density at radius 3 is 2.19 bits per heavy atom. The zero-order chi connectivity index (χ0) is 19.4. The second-order valence-electron chi connectivity index (χ2n) is 7.23. The van der Waals surface area contributed by atoms with Gasteiger partial charge in [0.2, 0.25) is 5.91 Å². The van der Waals surface area contributed by atoms with Crippen LogP contribution in [0, 0.1) is 5.92 Å². The van der Waals surface area contributed by atoms with E-state index in [-0.39, 0.29) is 17.6 Å². The Kier molecular flexibility index (Phi) is 5.61. The third-order valence-corrected chi connectivity index (χ3v) is 5.35. The highest BCUT2D eigenvalue weighted by Gasteiger charge is 2.37. The largest absolute Gasteiger partial charge is 0.497 e. The first-order valence-corrected chi connectivity index (χ1v) is 9.25. The molecule has 5 heteroatoms. The van der Waals surface area contributed by atoms with Gasteiger partial charge in [0.1, 0.15) is 11.3 Å². The first-order chi connectivity index (χ1) is 12.9. The molecule has 2 aromatic rings. The van der Waals surface area contributed by atoms with Gasteiger partial charge in [-0.3, -0.25) is 9.59 Å². The number of ketones is 1. The molecule has 1 saturated heterocycles. The Morgan fingerprint density at radius 2 is 1.63 bits per heavy atom. The minimum absolute atomic E-state index is 0.0665. The lowest BCUT2D eigenvalue weighted by Crippen LogP contribution is -2.53. The molecular formula is C22H26N2O3. The number of hydrogen-bond donors (Lipinski definition) is 1. The highest BCUT2D eigenvalue weighted by molar-refractivity contribution is 5.98. The molecule has 1 fully saturated rings. The van der Waals surface area contributed by atoms with Crippen molar-refractivity contribution in [2.24, 2.45) is 11.7 Å². The molecule has 2 aromatic carbocycles. The first kappa shape index (κ1) is 19.1. The second kappa shape index (κ2) is 7.92. The van der Waals surface area contributed by atoms with Crippen LogP contribution >= 0.6 is 0 Å². The quantitative estimate of drug-likeness (QED) is 0.826. The van der Waals surface area contributed by atoms with Crippen molar-refractivity contribution in [2.75, 3.05) is 20.2 Å². The topological polar surface area (TPSA) is 72.6 Å². The van der Waals surface area contributed by atoms with Gasteiger partial charge in [0.25, 0.3) is 0 Å². The van der Waals surface area contributed by atoms with Gasteiger partial charge in [-0.15, -0.1) is 0 Å². The number of nitrogens with two attached hydrogens (primary N) is 1. The number of nitrogens with zero attached hydrogens (tertiary/aromatic N) is 1. The Bertz CT molecular complexity index is 792. The third-order valence-electron chi connectivity index (χ3n) is 5.35. The summed E-state index contributed by atoms with van der Waals surface area (Å²) in [5.41, 5.74) is 6.78. The molecule has 27 heavy (non-hydrogen) atoms. The zero-order valence-corrected chi connectivity index (χ0v) is 15.9. The molecule has 142 valence electrons. The van der Waals surface area contributed by atoms with E-state index in [0.717, 1.165) is 11.3 Å². The molecule has 2 N–H and O–H groups in total. The molecule has 0 radical (unpaired) electrons. The molecule has 1 aliphatic heterocycles. The predicted octanol–water partition coefficient (Wildman–Crippen LogP) is 2.99. The molecule has 0 spiro atoms. The molecule has 1 amide bonds. The fraction of sp³-hybridized carbons (Fsp3) is 0.364. The van der Waals surface area contributed by atoms with Gasteiger partial charge in [-0.05, 0) is 49.6 Å². The fourth-order valence-electron chi connectivity index (χ4n) is 3.57. The van der Waals surface area contributed by atoms with Crippen LogP contribution in [0.15, 0.2) is 54.6 Å². The number of rotatable bonds is 5. The lowest BCUT2D eigenvalue weighted by molar-refractivity contribution is -0.138. The molecule has 0 bridgehead atoms. The number of ether oxygens (including phenoxy) is 1. The maximum atomic E-state index is 12.9. The minimum Gasteiger partial charge on any atom is -0.497 e. The molecule has 1 unspecified atom stereocenters. The first-order valence-electron chi connectivity index (χ1n) is 9.25. The highest BCUT2D eigenvalue weighted by atomic mass is 16.5. The zero-order valence-electron chi connectivity index (χ0n) is 15.9. The summed E-state index contributed by atoms with van der Waals surface area (Å²) in [7, 11) is 1.60. The Labute approximate surface area is 160 Å². The van der Waals surface area contributed by atoms with Crippen LogP contribution < -0.4 is 10.5 Å². The molecular weight excluding hydrogens is 340 g/mol. The van der Waals surface area contributed by atoms with Gasteiger partial charge in [0, 0.05) is 24.6 Å². The smallest absolute Gasteiger partial charge is 0.246 e. The van der Waals surface area contributed by atoms with Crippen molar-refractivity contribution < 1.29 is 14.3 Å². The van der Waals surface area contributed by atoms with E-state index in [1.54, 1.807) is 43.2 Å². The van der Waals surface area contributed by atoms with Gasteiger partial charge in [0.15, 0.2) is 5.78 Å².